The second-order valence-electron chi connectivity index (χ2n) is 7.30. The summed E-state index contributed by atoms with van der Waals surface area (Å²) in [6.45, 7) is 1.63. The van der Waals surface area contributed by atoms with Crippen molar-refractivity contribution in [3.63, 3.8) is 0 Å². The van der Waals surface area contributed by atoms with E-state index >= 15 is 0 Å². The molecule has 1 saturated heterocycles. The van der Waals surface area contributed by atoms with Crippen LogP contribution in [-0.2, 0) is 11.2 Å². The van der Waals surface area contributed by atoms with E-state index in [0.717, 1.165) is 6.42 Å². The Morgan fingerprint density at radius 3 is 2.72 bits per heavy atom. The van der Waals surface area contributed by atoms with Gasteiger partial charge in [0.2, 0.25) is 5.95 Å². The molecule has 0 spiro atoms. The van der Waals surface area contributed by atoms with Gasteiger partial charge < -0.3 is 31.1 Å². The van der Waals surface area contributed by atoms with Crippen LogP contribution in [0.1, 0.15) is 18.7 Å². The molecular weight excluding hydrogens is 376 g/mol. The lowest BCUT2D eigenvalue weighted by Gasteiger charge is -2.27. The lowest BCUT2D eigenvalue weighted by Crippen LogP contribution is -2.44. The Labute approximate surface area is 167 Å². The van der Waals surface area contributed by atoms with Gasteiger partial charge in [0, 0.05) is 6.54 Å². The summed E-state index contributed by atoms with van der Waals surface area (Å²) in [5.74, 6) is 0.512. The monoisotopic (exact) mass is 400 g/mol. The number of rotatable bonds is 6. The fraction of sp³-hybridized carbons (Fsp3) is 0.421. The number of benzene rings is 1. The molecule has 4 rings (SSSR count). The largest absolute Gasteiger partial charge is 0.394 e. The van der Waals surface area contributed by atoms with Crippen LogP contribution in [0.3, 0.4) is 0 Å². The second kappa shape index (κ2) is 7.56. The van der Waals surface area contributed by atoms with Crippen molar-refractivity contribution in [3.05, 3.63) is 42.2 Å². The molecular formula is C19H24N6O4. The zero-order chi connectivity index (χ0) is 20.6. The van der Waals surface area contributed by atoms with Gasteiger partial charge in [-0.3, -0.25) is 4.57 Å². The summed E-state index contributed by atoms with van der Waals surface area (Å²) < 4.78 is 7.16. The number of nitrogens with zero attached hydrogens (tertiary/aromatic N) is 4. The molecule has 29 heavy (non-hydrogen) atoms. The summed E-state index contributed by atoms with van der Waals surface area (Å²) in [6.07, 6.45) is -0.941. The number of fused-ring (bicyclic) bond motifs is 1. The highest BCUT2D eigenvalue weighted by molar-refractivity contribution is 5.84. The van der Waals surface area contributed by atoms with E-state index < -0.39 is 30.6 Å². The number of hydrogen-bond acceptors (Lipinski definition) is 9. The van der Waals surface area contributed by atoms with Gasteiger partial charge in [-0.05, 0) is 18.9 Å². The van der Waals surface area contributed by atoms with Crippen molar-refractivity contribution in [1.82, 2.24) is 19.5 Å². The van der Waals surface area contributed by atoms with Crippen LogP contribution in [0.25, 0.3) is 11.2 Å². The SMILES string of the molecule is C[C@@]1(O)[C@H](O)[C@@H](CO)O[C@H]1n1cnc2c(NCCc3ccccc3)nc(N)nc21. The number of hydrogen-bond donors (Lipinski definition) is 5. The fourth-order valence-corrected chi connectivity index (χ4v) is 3.59. The Bertz CT molecular complexity index is 993. The van der Waals surface area contributed by atoms with E-state index in [4.69, 9.17) is 10.5 Å². The molecule has 10 nitrogen and oxygen atoms in total. The van der Waals surface area contributed by atoms with Crippen molar-refractivity contribution >= 4 is 22.9 Å². The lowest BCUT2D eigenvalue weighted by molar-refractivity contribution is -0.0950. The van der Waals surface area contributed by atoms with Gasteiger partial charge in [0.15, 0.2) is 23.2 Å². The normalized spacial score (nSPS) is 26.8. The predicted molar refractivity (Wildman–Crippen MR) is 106 cm³/mol. The lowest BCUT2D eigenvalue weighted by atomic mass is 9.96. The maximum Gasteiger partial charge on any atom is 0.224 e. The first-order valence-corrected chi connectivity index (χ1v) is 9.36. The molecule has 3 aromatic rings. The van der Waals surface area contributed by atoms with Gasteiger partial charge in [0.1, 0.15) is 17.8 Å². The van der Waals surface area contributed by atoms with E-state index in [0.29, 0.717) is 23.5 Å². The molecule has 1 aromatic carbocycles. The molecule has 10 heteroatoms. The van der Waals surface area contributed by atoms with Crippen LogP contribution in [0.4, 0.5) is 11.8 Å². The van der Waals surface area contributed by atoms with E-state index in [-0.39, 0.29) is 5.95 Å². The average molecular weight is 400 g/mol. The molecule has 0 saturated carbocycles. The Balaban J connectivity index is 1.62. The summed E-state index contributed by atoms with van der Waals surface area (Å²) >= 11 is 0. The van der Waals surface area contributed by atoms with E-state index in [9.17, 15) is 15.3 Å². The Hall–Kier alpha value is -2.79. The van der Waals surface area contributed by atoms with Gasteiger partial charge in [-0.1, -0.05) is 30.3 Å². The Kier molecular flexibility index (Phi) is 5.09. The first-order valence-electron chi connectivity index (χ1n) is 9.36. The zero-order valence-corrected chi connectivity index (χ0v) is 15.9. The smallest absolute Gasteiger partial charge is 0.224 e. The molecule has 0 aliphatic carbocycles. The Morgan fingerprint density at radius 2 is 2.03 bits per heavy atom. The standard InChI is InChI=1S/C19H24N6O4/c1-19(28)14(27)12(9-26)29-17(19)25-10-22-13-15(23-18(20)24-16(13)25)21-8-7-11-5-3-2-4-6-11/h2-6,10,12,14,17,26-28H,7-9H2,1H3,(H3,20,21,23,24)/t12-,14-,17-,19-/m1/s1. The summed E-state index contributed by atoms with van der Waals surface area (Å²) in [5, 5.41) is 33.6. The molecule has 1 aliphatic heterocycles. The highest BCUT2D eigenvalue weighted by atomic mass is 16.6. The number of nitrogen functional groups attached to an aromatic ring is 1. The molecule has 0 amide bonds. The number of aliphatic hydroxyl groups excluding tert-OH is 2. The molecule has 2 aromatic heterocycles. The topological polar surface area (TPSA) is 152 Å². The van der Waals surface area contributed by atoms with E-state index in [1.165, 1.54) is 23.4 Å². The minimum absolute atomic E-state index is 0.0401. The minimum Gasteiger partial charge on any atom is -0.394 e. The molecule has 154 valence electrons. The second-order valence-corrected chi connectivity index (χ2v) is 7.30. The third kappa shape index (κ3) is 3.51. The first kappa shape index (κ1) is 19.5. The van der Waals surface area contributed by atoms with Crippen LogP contribution < -0.4 is 11.1 Å². The summed E-state index contributed by atoms with van der Waals surface area (Å²) in [5.41, 5.74) is 6.24. The predicted octanol–water partition coefficient (Wildman–Crippen LogP) is 0.0647. The summed E-state index contributed by atoms with van der Waals surface area (Å²) in [6, 6.07) is 10.0. The number of aromatic nitrogens is 4. The molecule has 1 fully saturated rings. The average Bonchev–Trinajstić information content (AvgIpc) is 3.21. The van der Waals surface area contributed by atoms with Crippen molar-refractivity contribution in [2.24, 2.45) is 0 Å². The van der Waals surface area contributed by atoms with E-state index in [1.54, 1.807) is 0 Å². The molecule has 0 radical (unpaired) electrons. The third-order valence-corrected chi connectivity index (χ3v) is 5.17. The van der Waals surface area contributed by atoms with Gasteiger partial charge in [0.25, 0.3) is 0 Å². The van der Waals surface area contributed by atoms with Gasteiger partial charge in [0.05, 0.1) is 12.9 Å². The van der Waals surface area contributed by atoms with E-state index in [1.807, 2.05) is 30.3 Å². The molecule has 0 unspecified atom stereocenters. The third-order valence-electron chi connectivity index (χ3n) is 5.17. The summed E-state index contributed by atoms with van der Waals surface area (Å²) in [7, 11) is 0. The number of anilines is 2. The number of ether oxygens (including phenoxy) is 1. The van der Waals surface area contributed by atoms with Crippen molar-refractivity contribution in [3.8, 4) is 0 Å². The molecule has 1 aliphatic rings. The first-order chi connectivity index (χ1) is 13.9. The zero-order valence-electron chi connectivity index (χ0n) is 15.9. The Morgan fingerprint density at radius 1 is 1.28 bits per heavy atom. The highest BCUT2D eigenvalue weighted by Gasteiger charge is 2.53. The number of nitrogens with one attached hydrogen (secondary N) is 1. The van der Waals surface area contributed by atoms with Crippen LogP contribution in [-0.4, -0.2) is 65.8 Å². The van der Waals surface area contributed by atoms with Crippen molar-refractivity contribution in [2.75, 3.05) is 24.2 Å². The van der Waals surface area contributed by atoms with Gasteiger partial charge in [-0.15, -0.1) is 0 Å². The van der Waals surface area contributed by atoms with Crippen LogP contribution in [0.15, 0.2) is 36.7 Å². The van der Waals surface area contributed by atoms with Crippen LogP contribution in [0.2, 0.25) is 0 Å². The highest BCUT2D eigenvalue weighted by Crippen LogP contribution is 2.39. The number of nitrogens with two attached hydrogens (primary N) is 1. The van der Waals surface area contributed by atoms with Crippen molar-refractivity contribution in [1.29, 1.82) is 0 Å². The minimum atomic E-state index is -1.65. The quantitative estimate of drug-likeness (QED) is 0.387. The molecule has 4 atom stereocenters. The van der Waals surface area contributed by atoms with Crippen LogP contribution in [0.5, 0.6) is 0 Å². The van der Waals surface area contributed by atoms with E-state index in [2.05, 4.69) is 20.3 Å². The van der Waals surface area contributed by atoms with Crippen molar-refractivity contribution < 1.29 is 20.1 Å². The maximum atomic E-state index is 10.7. The van der Waals surface area contributed by atoms with Gasteiger partial charge in [-0.25, -0.2) is 4.98 Å². The number of aliphatic hydroxyl groups is 3. The van der Waals surface area contributed by atoms with Gasteiger partial charge in [-0.2, -0.15) is 9.97 Å². The molecule has 6 N–H and O–H groups in total. The molecule has 0 bridgehead atoms. The van der Waals surface area contributed by atoms with Crippen molar-refractivity contribution in [2.45, 2.75) is 37.4 Å². The maximum absolute atomic E-state index is 10.7. The fourth-order valence-electron chi connectivity index (χ4n) is 3.59. The number of imidazole rings is 1. The molecule has 3 heterocycles. The van der Waals surface area contributed by atoms with Crippen LogP contribution >= 0.6 is 0 Å². The van der Waals surface area contributed by atoms with Crippen LogP contribution in [0, 0.1) is 0 Å². The van der Waals surface area contributed by atoms with Gasteiger partial charge >= 0.3 is 0 Å². The summed E-state index contributed by atoms with van der Waals surface area (Å²) in [4.78, 5) is 12.8.